The summed E-state index contributed by atoms with van der Waals surface area (Å²) < 4.78 is 73.6. The Labute approximate surface area is 111 Å². The molecule has 0 aromatic heterocycles. The minimum atomic E-state index is -4.91. The second kappa shape index (κ2) is 7.67. The fourth-order valence-electron chi connectivity index (χ4n) is 1.68. The minimum Gasteiger partial charge on any atom is -0.480 e. The molecular weight excluding hydrogens is 294 g/mol. The molecule has 0 radical (unpaired) electrons. The van der Waals surface area contributed by atoms with E-state index in [0.29, 0.717) is 6.42 Å². The van der Waals surface area contributed by atoms with Crippen LogP contribution in [0.4, 0.5) is 26.3 Å². The van der Waals surface area contributed by atoms with E-state index in [2.05, 4.69) is 0 Å². The summed E-state index contributed by atoms with van der Waals surface area (Å²) in [4.78, 5) is 10.8. The Morgan fingerprint density at radius 1 is 1.05 bits per heavy atom. The van der Waals surface area contributed by atoms with Gasteiger partial charge in [0.15, 0.2) is 0 Å². The second-order valence-electron chi connectivity index (χ2n) is 4.27. The van der Waals surface area contributed by atoms with Crippen molar-refractivity contribution >= 4 is 5.97 Å². The molecule has 0 saturated heterocycles. The highest BCUT2D eigenvalue weighted by Crippen LogP contribution is 2.25. The molecule has 0 heterocycles. The molecule has 0 aliphatic heterocycles. The van der Waals surface area contributed by atoms with Gasteiger partial charge in [-0.25, -0.2) is 0 Å². The maximum Gasteiger partial charge on any atom is 0.401 e. The van der Waals surface area contributed by atoms with Gasteiger partial charge in [0.25, 0.3) is 0 Å². The van der Waals surface area contributed by atoms with Crippen molar-refractivity contribution in [3.05, 3.63) is 0 Å². The summed E-state index contributed by atoms with van der Waals surface area (Å²) in [6.45, 7) is -3.66. The van der Waals surface area contributed by atoms with Gasteiger partial charge in [-0.2, -0.15) is 26.3 Å². The normalized spacial score (nSPS) is 14.6. The number of rotatable bonds is 8. The monoisotopic (exact) mass is 310 g/mol. The van der Waals surface area contributed by atoms with E-state index in [1.54, 1.807) is 0 Å². The summed E-state index contributed by atoms with van der Waals surface area (Å²) in [6, 6.07) is -1.84. The van der Waals surface area contributed by atoms with Crippen molar-refractivity contribution in [2.24, 2.45) is 5.73 Å². The van der Waals surface area contributed by atoms with E-state index >= 15 is 0 Å². The topological polar surface area (TPSA) is 66.6 Å². The number of carboxylic acid groups (broad SMARTS) is 1. The molecular formula is C10H16F6N2O2. The van der Waals surface area contributed by atoms with Gasteiger partial charge in [0.05, 0.1) is 13.1 Å². The zero-order chi connectivity index (χ0) is 16.0. The zero-order valence-corrected chi connectivity index (χ0v) is 10.5. The Bertz CT molecular complexity index is 289. The van der Waals surface area contributed by atoms with Crippen LogP contribution >= 0.6 is 0 Å². The molecule has 1 atom stereocenters. The molecule has 10 heteroatoms. The van der Waals surface area contributed by atoms with Gasteiger partial charge in [0, 0.05) is 0 Å². The number of carbonyl (C=O) groups is 1. The Kier molecular flexibility index (Phi) is 7.28. The van der Waals surface area contributed by atoms with Crippen LogP contribution in [0.3, 0.4) is 0 Å². The first kappa shape index (κ1) is 19.0. The average molecular weight is 310 g/mol. The quantitative estimate of drug-likeness (QED) is 0.531. The van der Waals surface area contributed by atoms with Gasteiger partial charge < -0.3 is 10.8 Å². The largest absolute Gasteiger partial charge is 0.480 e. The highest BCUT2D eigenvalue weighted by molar-refractivity contribution is 5.73. The molecule has 0 rings (SSSR count). The molecule has 0 bridgehead atoms. The molecule has 0 fully saturated rings. The molecule has 0 aromatic rings. The third-order valence-electron chi connectivity index (χ3n) is 2.42. The second-order valence-corrected chi connectivity index (χ2v) is 4.27. The summed E-state index contributed by atoms with van der Waals surface area (Å²) in [5.74, 6) is -1.71. The van der Waals surface area contributed by atoms with Crippen LogP contribution in [-0.4, -0.2) is 54.0 Å². The predicted octanol–water partition coefficient (Wildman–Crippen LogP) is 2.00. The van der Waals surface area contributed by atoms with Crippen molar-refractivity contribution in [2.75, 3.05) is 19.6 Å². The summed E-state index contributed by atoms with van der Waals surface area (Å²) in [5, 5.41) is 8.83. The van der Waals surface area contributed by atoms with Crippen LogP contribution in [0, 0.1) is 0 Å². The van der Waals surface area contributed by atoms with E-state index in [-0.39, 0.29) is 24.3 Å². The van der Waals surface area contributed by atoms with Gasteiger partial charge in [-0.3, -0.25) is 9.69 Å². The number of nitrogens with zero attached hydrogens (tertiary/aromatic N) is 1. The lowest BCUT2D eigenvalue weighted by Gasteiger charge is -2.30. The first-order valence-electron chi connectivity index (χ1n) is 5.76. The van der Waals surface area contributed by atoms with E-state index < -0.39 is 37.5 Å². The minimum absolute atomic E-state index is 0.112. The Balaban J connectivity index is 4.95. The summed E-state index contributed by atoms with van der Waals surface area (Å²) in [7, 11) is 0. The van der Waals surface area contributed by atoms with Crippen LogP contribution in [-0.2, 0) is 4.79 Å². The van der Waals surface area contributed by atoms with Gasteiger partial charge in [-0.15, -0.1) is 0 Å². The molecule has 4 nitrogen and oxygen atoms in total. The molecule has 0 amide bonds. The molecule has 0 aliphatic rings. The third-order valence-corrected chi connectivity index (χ3v) is 2.42. The van der Waals surface area contributed by atoms with Gasteiger partial charge in [-0.1, -0.05) is 6.42 Å². The molecule has 0 unspecified atom stereocenters. The Hall–Kier alpha value is -1.03. The van der Waals surface area contributed by atoms with Crippen LogP contribution in [0.15, 0.2) is 0 Å². The van der Waals surface area contributed by atoms with Crippen molar-refractivity contribution in [1.29, 1.82) is 0 Å². The fraction of sp³-hybridized carbons (Fsp3) is 0.900. The first-order chi connectivity index (χ1) is 8.96. The van der Waals surface area contributed by atoms with Crippen LogP contribution in [0.25, 0.3) is 0 Å². The third kappa shape index (κ3) is 8.97. The molecule has 120 valence electrons. The van der Waals surface area contributed by atoms with E-state index in [0.717, 1.165) is 0 Å². The van der Waals surface area contributed by atoms with Gasteiger partial charge >= 0.3 is 18.3 Å². The molecule has 0 saturated carbocycles. The van der Waals surface area contributed by atoms with Crippen molar-refractivity contribution in [3.8, 4) is 0 Å². The summed E-state index contributed by atoms with van der Waals surface area (Å²) in [5.41, 5.74) is 5.15. The lowest BCUT2D eigenvalue weighted by atomic mass is 10.1. The van der Waals surface area contributed by atoms with Gasteiger partial charge in [-0.05, 0) is 19.4 Å². The Morgan fingerprint density at radius 3 is 1.80 bits per heavy atom. The molecule has 0 aromatic carbocycles. The molecule has 0 spiro atoms. The lowest BCUT2D eigenvalue weighted by Crippen LogP contribution is -2.49. The standard InChI is InChI=1S/C10H16F6N2O2/c11-9(12,13)5-18(6-10(14,15)16)7(8(19)20)3-1-2-4-17/h7H,1-6,17H2,(H,19,20)/t7-/m0/s1. The van der Waals surface area contributed by atoms with E-state index in [4.69, 9.17) is 10.8 Å². The number of unbranched alkanes of at least 4 members (excludes halogenated alkanes) is 1. The van der Waals surface area contributed by atoms with Crippen LogP contribution in [0.2, 0.25) is 0 Å². The smallest absolute Gasteiger partial charge is 0.401 e. The number of halogens is 6. The molecule has 3 N–H and O–H groups in total. The van der Waals surface area contributed by atoms with E-state index in [1.807, 2.05) is 0 Å². The van der Waals surface area contributed by atoms with Gasteiger partial charge in [0.1, 0.15) is 6.04 Å². The molecule has 20 heavy (non-hydrogen) atoms. The van der Waals surface area contributed by atoms with Crippen molar-refractivity contribution in [2.45, 2.75) is 37.7 Å². The van der Waals surface area contributed by atoms with E-state index in [1.165, 1.54) is 0 Å². The first-order valence-corrected chi connectivity index (χ1v) is 5.76. The van der Waals surface area contributed by atoms with Gasteiger partial charge in [0.2, 0.25) is 0 Å². The maximum atomic E-state index is 12.3. The van der Waals surface area contributed by atoms with Crippen LogP contribution < -0.4 is 5.73 Å². The summed E-state index contributed by atoms with van der Waals surface area (Å²) in [6.07, 6.45) is -9.67. The summed E-state index contributed by atoms with van der Waals surface area (Å²) >= 11 is 0. The number of carboxylic acids is 1. The predicted molar refractivity (Wildman–Crippen MR) is 58.0 cm³/mol. The number of hydrogen-bond acceptors (Lipinski definition) is 3. The number of nitrogens with two attached hydrogens (primary N) is 1. The number of alkyl halides is 6. The zero-order valence-electron chi connectivity index (χ0n) is 10.5. The maximum absolute atomic E-state index is 12.3. The Morgan fingerprint density at radius 2 is 1.50 bits per heavy atom. The number of hydrogen-bond donors (Lipinski definition) is 2. The van der Waals surface area contributed by atoms with E-state index in [9.17, 15) is 31.1 Å². The average Bonchev–Trinajstić information content (AvgIpc) is 2.18. The SMILES string of the molecule is NCCCC[C@@H](C(=O)O)N(CC(F)(F)F)CC(F)(F)F. The highest BCUT2D eigenvalue weighted by Gasteiger charge is 2.42. The van der Waals surface area contributed by atoms with Crippen LogP contribution in [0.5, 0.6) is 0 Å². The number of aliphatic carboxylic acids is 1. The van der Waals surface area contributed by atoms with Crippen molar-refractivity contribution in [3.63, 3.8) is 0 Å². The lowest BCUT2D eigenvalue weighted by molar-refractivity contribution is -0.191. The van der Waals surface area contributed by atoms with Crippen molar-refractivity contribution < 1.29 is 36.2 Å². The fourth-order valence-corrected chi connectivity index (χ4v) is 1.68. The van der Waals surface area contributed by atoms with Crippen molar-refractivity contribution in [1.82, 2.24) is 4.90 Å². The van der Waals surface area contributed by atoms with Crippen LogP contribution in [0.1, 0.15) is 19.3 Å². The highest BCUT2D eigenvalue weighted by atomic mass is 19.4. The molecule has 0 aliphatic carbocycles.